The first kappa shape index (κ1) is 14.2. The van der Waals surface area contributed by atoms with Gasteiger partial charge in [0.15, 0.2) is 0 Å². The number of aryl methyl sites for hydroxylation is 1. The molecule has 4 rings (SSSR count). The Bertz CT molecular complexity index is 1000. The molecule has 0 aliphatic rings. The van der Waals surface area contributed by atoms with Gasteiger partial charge in [-0.2, -0.15) is 0 Å². The Morgan fingerprint density at radius 2 is 1.96 bits per heavy atom. The van der Waals surface area contributed by atoms with Crippen molar-refractivity contribution < 1.29 is 0 Å². The fraction of sp³-hybridized carbons (Fsp3) is 0.158. The minimum absolute atomic E-state index is 0.853. The highest BCUT2D eigenvalue weighted by Gasteiger charge is 2.16. The van der Waals surface area contributed by atoms with Crippen LogP contribution in [0.15, 0.2) is 48.0 Å². The molecule has 0 fully saturated rings. The number of nitrogens with zero attached hydrogens (tertiary/aromatic N) is 2. The summed E-state index contributed by atoms with van der Waals surface area (Å²) in [5.41, 5.74) is 5.69. The van der Waals surface area contributed by atoms with Crippen LogP contribution in [0.2, 0.25) is 0 Å². The van der Waals surface area contributed by atoms with Gasteiger partial charge in [0.2, 0.25) is 0 Å². The molecule has 4 heteroatoms. The lowest BCUT2D eigenvalue weighted by Gasteiger charge is -2.09. The van der Waals surface area contributed by atoms with E-state index in [-0.39, 0.29) is 0 Å². The lowest BCUT2D eigenvalue weighted by atomic mass is 9.99. The zero-order valence-corrected chi connectivity index (χ0v) is 13.9. The molecule has 0 spiro atoms. The molecule has 0 unspecified atom stereocenters. The van der Waals surface area contributed by atoms with Crippen molar-refractivity contribution in [2.45, 2.75) is 13.8 Å². The molecule has 4 aromatic rings. The van der Waals surface area contributed by atoms with Gasteiger partial charge >= 0.3 is 0 Å². The van der Waals surface area contributed by atoms with Gasteiger partial charge in [-0.15, -0.1) is 11.3 Å². The molecular weight excluding hydrogens is 302 g/mol. The molecule has 3 aromatic heterocycles. The van der Waals surface area contributed by atoms with Gasteiger partial charge in [0.25, 0.3) is 0 Å². The fourth-order valence-electron chi connectivity index (χ4n) is 2.98. The third-order valence-electron chi connectivity index (χ3n) is 4.04. The maximum atomic E-state index is 4.76. The van der Waals surface area contributed by atoms with E-state index in [4.69, 9.17) is 4.98 Å². The summed E-state index contributed by atoms with van der Waals surface area (Å²) in [5, 5.41) is 6.82. The number of anilines is 1. The summed E-state index contributed by atoms with van der Waals surface area (Å²) in [6.07, 6.45) is 1.84. The monoisotopic (exact) mass is 319 g/mol. The Hall–Kier alpha value is -2.46. The molecule has 0 amide bonds. The molecule has 3 heterocycles. The van der Waals surface area contributed by atoms with E-state index in [1.54, 1.807) is 11.3 Å². The van der Waals surface area contributed by atoms with E-state index in [1.165, 1.54) is 26.8 Å². The number of rotatable bonds is 3. The number of aromatic nitrogens is 2. The van der Waals surface area contributed by atoms with Gasteiger partial charge in [0.1, 0.15) is 5.82 Å². The first-order valence-corrected chi connectivity index (χ1v) is 8.63. The summed E-state index contributed by atoms with van der Waals surface area (Å²) < 4.78 is 1.18. The topological polar surface area (TPSA) is 37.8 Å². The number of hydrogen-bond donors (Lipinski definition) is 1. The highest BCUT2D eigenvalue weighted by atomic mass is 32.1. The normalized spacial score (nSPS) is 11.2. The Labute approximate surface area is 139 Å². The molecule has 1 N–H and O–H groups in total. The average molecular weight is 319 g/mol. The summed E-state index contributed by atoms with van der Waals surface area (Å²) in [4.78, 5) is 9.37. The van der Waals surface area contributed by atoms with Crippen LogP contribution < -0.4 is 5.32 Å². The van der Waals surface area contributed by atoms with E-state index in [2.05, 4.69) is 53.8 Å². The van der Waals surface area contributed by atoms with E-state index in [0.29, 0.717) is 0 Å². The van der Waals surface area contributed by atoms with Crippen LogP contribution in [0.1, 0.15) is 12.5 Å². The van der Waals surface area contributed by atoms with Crippen molar-refractivity contribution in [3.05, 3.63) is 53.5 Å². The molecule has 114 valence electrons. The number of hydrogen-bond acceptors (Lipinski definition) is 4. The van der Waals surface area contributed by atoms with Crippen LogP contribution in [0.25, 0.3) is 32.2 Å². The average Bonchev–Trinajstić information content (AvgIpc) is 3.01. The zero-order valence-electron chi connectivity index (χ0n) is 13.1. The van der Waals surface area contributed by atoms with Crippen molar-refractivity contribution in [2.75, 3.05) is 11.9 Å². The summed E-state index contributed by atoms with van der Waals surface area (Å²) in [7, 11) is 0. The second kappa shape index (κ2) is 5.63. The number of benzene rings is 1. The quantitative estimate of drug-likeness (QED) is 0.560. The van der Waals surface area contributed by atoms with Gasteiger partial charge < -0.3 is 5.32 Å². The van der Waals surface area contributed by atoms with Crippen LogP contribution in [0.5, 0.6) is 0 Å². The van der Waals surface area contributed by atoms with Crippen LogP contribution in [-0.4, -0.2) is 16.5 Å². The molecule has 23 heavy (non-hydrogen) atoms. The predicted octanol–water partition coefficient (Wildman–Crippen LogP) is 5.25. The molecule has 0 saturated heterocycles. The largest absolute Gasteiger partial charge is 0.369 e. The zero-order chi connectivity index (χ0) is 15.8. The van der Waals surface area contributed by atoms with Crippen molar-refractivity contribution in [1.82, 2.24) is 9.97 Å². The van der Waals surface area contributed by atoms with Gasteiger partial charge in [0, 0.05) is 29.1 Å². The third kappa shape index (κ3) is 2.26. The number of nitrogens with one attached hydrogen (secondary N) is 1. The Kier molecular flexibility index (Phi) is 3.46. The summed E-state index contributed by atoms with van der Waals surface area (Å²) >= 11 is 1.73. The van der Waals surface area contributed by atoms with E-state index in [1.807, 2.05) is 18.3 Å². The fourth-order valence-corrected chi connectivity index (χ4v) is 4.01. The van der Waals surface area contributed by atoms with E-state index in [0.717, 1.165) is 23.4 Å². The summed E-state index contributed by atoms with van der Waals surface area (Å²) in [6.45, 7) is 5.10. The maximum absolute atomic E-state index is 4.76. The minimum atomic E-state index is 0.853. The molecule has 3 nitrogen and oxygen atoms in total. The van der Waals surface area contributed by atoms with E-state index in [9.17, 15) is 0 Å². The summed E-state index contributed by atoms with van der Waals surface area (Å²) in [6, 6.07) is 12.5. The van der Waals surface area contributed by atoms with E-state index < -0.39 is 0 Å². The van der Waals surface area contributed by atoms with Crippen molar-refractivity contribution >= 4 is 38.3 Å². The molecule has 0 aliphatic heterocycles. The lowest BCUT2D eigenvalue weighted by molar-refractivity contribution is 1.18. The summed E-state index contributed by atoms with van der Waals surface area (Å²) in [5.74, 6) is 0.952. The van der Waals surface area contributed by atoms with Crippen LogP contribution >= 0.6 is 11.3 Å². The smallest absolute Gasteiger partial charge is 0.144 e. The molecular formula is C19H17N3S. The van der Waals surface area contributed by atoms with Crippen molar-refractivity contribution in [3.63, 3.8) is 0 Å². The number of pyridine rings is 2. The molecule has 0 bridgehead atoms. The van der Waals surface area contributed by atoms with Crippen LogP contribution in [-0.2, 0) is 0 Å². The molecule has 1 aromatic carbocycles. The van der Waals surface area contributed by atoms with E-state index >= 15 is 0 Å². The Morgan fingerprint density at radius 3 is 2.78 bits per heavy atom. The lowest BCUT2D eigenvalue weighted by Crippen LogP contribution is -2.00. The second-order valence-corrected chi connectivity index (χ2v) is 6.41. The molecule has 0 saturated carbocycles. The highest BCUT2D eigenvalue weighted by Crippen LogP contribution is 2.41. The van der Waals surface area contributed by atoms with Gasteiger partial charge in [0.05, 0.1) is 15.7 Å². The van der Waals surface area contributed by atoms with Gasteiger partial charge in [-0.3, -0.25) is 4.98 Å². The molecule has 0 aliphatic carbocycles. The predicted molar refractivity (Wildman–Crippen MR) is 99.3 cm³/mol. The van der Waals surface area contributed by atoms with Crippen molar-refractivity contribution in [3.8, 4) is 11.1 Å². The van der Waals surface area contributed by atoms with Crippen molar-refractivity contribution in [1.29, 1.82) is 0 Å². The van der Waals surface area contributed by atoms with Crippen molar-refractivity contribution in [2.24, 2.45) is 0 Å². The second-order valence-electron chi connectivity index (χ2n) is 5.53. The van der Waals surface area contributed by atoms with Gasteiger partial charge in [-0.1, -0.05) is 24.3 Å². The minimum Gasteiger partial charge on any atom is -0.369 e. The maximum Gasteiger partial charge on any atom is 0.144 e. The number of fused-ring (bicyclic) bond motifs is 3. The van der Waals surface area contributed by atoms with Gasteiger partial charge in [-0.25, -0.2) is 4.98 Å². The van der Waals surface area contributed by atoms with Crippen LogP contribution in [0.3, 0.4) is 0 Å². The van der Waals surface area contributed by atoms with Crippen LogP contribution in [0.4, 0.5) is 5.82 Å². The third-order valence-corrected chi connectivity index (χ3v) is 5.03. The SMILES string of the molecule is CCNc1nc2cccnc2c2c(-c3ccccc3C)csc12. The molecule has 0 atom stereocenters. The first-order chi connectivity index (χ1) is 11.3. The Morgan fingerprint density at radius 1 is 1.09 bits per heavy atom. The first-order valence-electron chi connectivity index (χ1n) is 7.75. The van der Waals surface area contributed by atoms with Crippen LogP contribution in [0, 0.1) is 6.92 Å². The highest BCUT2D eigenvalue weighted by molar-refractivity contribution is 7.18. The molecule has 0 radical (unpaired) electrons. The Balaban J connectivity index is 2.13. The van der Waals surface area contributed by atoms with Gasteiger partial charge in [-0.05, 0) is 37.1 Å². The number of thiophene rings is 1. The standard InChI is InChI=1S/C19H17N3S/c1-3-20-19-18-16(17-15(22-19)9-6-10-21-17)14(11-23-18)13-8-5-4-7-12(13)2/h4-11H,3H2,1-2H3,(H,20,22).